The molecule has 0 saturated carbocycles. The van der Waals surface area contributed by atoms with Crippen molar-refractivity contribution in [2.45, 2.75) is 44.4 Å². The first-order valence-electron chi connectivity index (χ1n) is 11.3. The number of benzene rings is 2. The van der Waals surface area contributed by atoms with E-state index in [1.54, 1.807) is 28.9 Å². The normalized spacial score (nSPS) is 23.4. The second kappa shape index (κ2) is 9.95. The second-order valence-electron chi connectivity index (χ2n) is 8.79. The zero-order valence-electron chi connectivity index (χ0n) is 18.7. The van der Waals surface area contributed by atoms with Crippen LogP contribution in [0.1, 0.15) is 37.3 Å². The van der Waals surface area contributed by atoms with E-state index in [9.17, 15) is 19.8 Å². The Morgan fingerprint density at radius 2 is 2.03 bits per heavy atom. The van der Waals surface area contributed by atoms with E-state index in [1.807, 2.05) is 48.5 Å². The van der Waals surface area contributed by atoms with Crippen LogP contribution in [-0.2, 0) is 21.7 Å². The number of fused-ring (bicyclic) bond motifs is 1. The van der Waals surface area contributed by atoms with E-state index in [0.717, 1.165) is 22.0 Å². The number of likely N-dealkylation sites (tertiary alicyclic amines) is 1. The van der Waals surface area contributed by atoms with Crippen molar-refractivity contribution in [3.05, 3.63) is 75.4 Å². The van der Waals surface area contributed by atoms with Crippen molar-refractivity contribution in [3.8, 4) is 0 Å². The van der Waals surface area contributed by atoms with Gasteiger partial charge in [-0.05, 0) is 59.2 Å². The monoisotopic (exact) mass is 560 g/mol. The minimum absolute atomic E-state index is 0.0211. The van der Waals surface area contributed by atoms with Crippen LogP contribution in [0.2, 0.25) is 0 Å². The van der Waals surface area contributed by atoms with Crippen LogP contribution < -0.4 is 4.90 Å². The first-order valence-corrected chi connectivity index (χ1v) is 12.4. The van der Waals surface area contributed by atoms with Crippen molar-refractivity contribution < 1.29 is 19.8 Å². The number of carbonyl (C=O) groups excluding carboxylic acids is 2. The first-order chi connectivity index (χ1) is 15.9. The number of amides is 2. The largest absolute Gasteiger partial charge is 0.394 e. The van der Waals surface area contributed by atoms with Gasteiger partial charge in [0.1, 0.15) is 0 Å². The van der Waals surface area contributed by atoms with E-state index < -0.39 is 11.5 Å². The van der Waals surface area contributed by atoms with E-state index in [1.165, 1.54) is 0 Å². The molecule has 6 nitrogen and oxygen atoms in total. The summed E-state index contributed by atoms with van der Waals surface area (Å²) in [6, 6.07) is 15.3. The van der Waals surface area contributed by atoms with Crippen LogP contribution in [0, 0.1) is 9.49 Å². The highest BCUT2D eigenvalue weighted by Crippen LogP contribution is 2.46. The molecule has 0 unspecified atom stereocenters. The smallest absolute Gasteiger partial charge is 0.264 e. The minimum atomic E-state index is -1.70. The Balaban J connectivity index is 1.55. The van der Waals surface area contributed by atoms with Gasteiger partial charge in [0.25, 0.3) is 5.91 Å². The van der Waals surface area contributed by atoms with Gasteiger partial charge >= 0.3 is 0 Å². The van der Waals surface area contributed by atoms with Gasteiger partial charge in [-0.3, -0.25) is 9.59 Å². The lowest BCUT2D eigenvalue weighted by Crippen LogP contribution is -2.44. The zero-order chi connectivity index (χ0) is 23.6. The van der Waals surface area contributed by atoms with Crippen LogP contribution in [0.5, 0.6) is 0 Å². The van der Waals surface area contributed by atoms with Crippen molar-refractivity contribution in [2.75, 3.05) is 18.1 Å². The highest BCUT2D eigenvalue weighted by molar-refractivity contribution is 14.1. The van der Waals surface area contributed by atoms with Crippen LogP contribution in [-0.4, -0.2) is 46.1 Å². The number of halogens is 1. The quantitative estimate of drug-likeness (QED) is 0.401. The van der Waals surface area contributed by atoms with Gasteiger partial charge in [-0.15, -0.1) is 0 Å². The molecule has 7 heteroatoms. The Morgan fingerprint density at radius 3 is 2.76 bits per heavy atom. The number of carbonyl (C=O) groups is 2. The van der Waals surface area contributed by atoms with Crippen LogP contribution >= 0.6 is 22.6 Å². The lowest BCUT2D eigenvalue weighted by molar-refractivity contribution is -0.139. The summed E-state index contributed by atoms with van der Waals surface area (Å²) in [7, 11) is 0. The molecule has 2 amide bonds. The molecular weight excluding hydrogens is 531 g/mol. The Labute approximate surface area is 208 Å². The predicted molar refractivity (Wildman–Crippen MR) is 135 cm³/mol. The standard InChI is InChI=1S/C26H29IN2O4/c1-18(7-5-11-24(31)28-14-6-10-21(28)17-30)26(33)22-15-20(27)12-13-23(22)29(25(26)32)16-19-8-3-2-4-9-19/h2-5,7-9,12-13,15,18,21,30,33H,6,10-11,14,16-17H2,1H3/b7-5+/t18-,21-,26+/m0/s1. The number of aliphatic hydroxyl groups is 2. The average molecular weight is 560 g/mol. The molecule has 2 aromatic carbocycles. The molecule has 2 aliphatic rings. The summed E-state index contributed by atoms with van der Waals surface area (Å²) in [5.74, 6) is -0.921. The molecule has 2 N–H and O–H groups in total. The third-order valence-electron chi connectivity index (χ3n) is 6.70. The maximum Gasteiger partial charge on any atom is 0.264 e. The molecule has 33 heavy (non-hydrogen) atoms. The number of nitrogens with zero attached hydrogens (tertiary/aromatic N) is 2. The van der Waals surface area contributed by atoms with E-state index in [4.69, 9.17) is 0 Å². The first kappa shape index (κ1) is 23.9. The van der Waals surface area contributed by atoms with Gasteiger partial charge in [-0.2, -0.15) is 0 Å². The summed E-state index contributed by atoms with van der Waals surface area (Å²) in [5, 5.41) is 21.2. The van der Waals surface area contributed by atoms with E-state index >= 15 is 0 Å². The molecule has 2 heterocycles. The molecule has 0 aliphatic carbocycles. The van der Waals surface area contributed by atoms with E-state index in [2.05, 4.69) is 22.6 Å². The Bertz CT molecular complexity index is 1060. The second-order valence-corrected chi connectivity index (χ2v) is 10.0. The molecule has 2 aromatic rings. The molecule has 0 bridgehead atoms. The lowest BCUT2D eigenvalue weighted by Gasteiger charge is -2.28. The third-order valence-corrected chi connectivity index (χ3v) is 7.37. The lowest BCUT2D eigenvalue weighted by atomic mass is 9.83. The van der Waals surface area contributed by atoms with Crippen LogP contribution in [0.15, 0.2) is 60.7 Å². The van der Waals surface area contributed by atoms with Crippen molar-refractivity contribution in [1.82, 2.24) is 4.90 Å². The molecule has 2 aliphatic heterocycles. The molecule has 0 radical (unpaired) electrons. The fourth-order valence-corrected chi connectivity index (χ4v) is 5.32. The molecule has 1 saturated heterocycles. The minimum Gasteiger partial charge on any atom is -0.394 e. The van der Waals surface area contributed by atoms with Crippen molar-refractivity contribution in [3.63, 3.8) is 0 Å². The molecular formula is C26H29IN2O4. The van der Waals surface area contributed by atoms with Crippen molar-refractivity contribution >= 4 is 40.1 Å². The summed E-state index contributed by atoms with van der Waals surface area (Å²) < 4.78 is 0.939. The summed E-state index contributed by atoms with van der Waals surface area (Å²) >= 11 is 2.19. The van der Waals surface area contributed by atoms with Crippen LogP contribution in [0.25, 0.3) is 0 Å². The number of hydrogen-bond donors (Lipinski definition) is 2. The summed E-state index contributed by atoms with van der Waals surface area (Å²) in [5.41, 5.74) is 0.591. The number of aliphatic hydroxyl groups excluding tert-OH is 1. The van der Waals surface area contributed by atoms with Gasteiger partial charge in [-0.25, -0.2) is 0 Å². The van der Waals surface area contributed by atoms with Gasteiger partial charge < -0.3 is 20.0 Å². The maximum atomic E-state index is 13.6. The van der Waals surface area contributed by atoms with Crippen LogP contribution in [0.4, 0.5) is 5.69 Å². The fraction of sp³-hybridized carbons (Fsp3) is 0.385. The highest BCUT2D eigenvalue weighted by atomic mass is 127. The average Bonchev–Trinajstić information content (AvgIpc) is 3.38. The predicted octanol–water partition coefficient (Wildman–Crippen LogP) is 3.59. The number of anilines is 1. The summed E-state index contributed by atoms with van der Waals surface area (Å²) in [6.07, 6.45) is 5.40. The maximum absolute atomic E-state index is 13.6. The summed E-state index contributed by atoms with van der Waals surface area (Å²) in [4.78, 5) is 29.5. The van der Waals surface area contributed by atoms with E-state index in [-0.39, 0.29) is 30.9 Å². The molecule has 0 spiro atoms. The van der Waals surface area contributed by atoms with Gasteiger partial charge in [0.15, 0.2) is 5.60 Å². The summed E-state index contributed by atoms with van der Waals surface area (Å²) in [6.45, 7) is 2.83. The Hall–Kier alpha value is -2.23. The van der Waals surface area contributed by atoms with Gasteiger partial charge in [-0.1, -0.05) is 49.4 Å². The SMILES string of the molecule is C[C@@H](/C=C/CC(=O)N1CCC[C@H]1CO)[C@]1(O)C(=O)N(Cc2ccccc2)c2ccc(I)cc21. The molecule has 4 rings (SSSR count). The van der Waals surface area contributed by atoms with Crippen molar-refractivity contribution in [2.24, 2.45) is 5.92 Å². The molecule has 1 fully saturated rings. The molecule has 0 aromatic heterocycles. The van der Waals surface area contributed by atoms with Crippen molar-refractivity contribution in [1.29, 1.82) is 0 Å². The number of rotatable bonds is 7. The number of hydrogen-bond acceptors (Lipinski definition) is 4. The topological polar surface area (TPSA) is 81.1 Å². The third kappa shape index (κ3) is 4.58. The van der Waals surface area contributed by atoms with Crippen LogP contribution in [0.3, 0.4) is 0 Å². The van der Waals surface area contributed by atoms with Gasteiger partial charge in [0.2, 0.25) is 5.91 Å². The van der Waals surface area contributed by atoms with E-state index in [0.29, 0.717) is 24.3 Å². The van der Waals surface area contributed by atoms with Gasteiger partial charge in [0, 0.05) is 28.0 Å². The fourth-order valence-electron chi connectivity index (χ4n) is 4.83. The van der Waals surface area contributed by atoms with Gasteiger partial charge in [0.05, 0.1) is 24.9 Å². The molecule has 174 valence electrons. The molecule has 3 atom stereocenters. The Morgan fingerprint density at radius 1 is 1.27 bits per heavy atom. The highest BCUT2D eigenvalue weighted by Gasteiger charge is 2.52. The zero-order valence-corrected chi connectivity index (χ0v) is 20.8. The Kier molecular flexibility index (Phi) is 7.21.